The van der Waals surface area contributed by atoms with Crippen LogP contribution in [0.1, 0.15) is 18.4 Å². The third-order valence-electron chi connectivity index (χ3n) is 4.61. The van der Waals surface area contributed by atoms with Crippen LogP contribution in [0.25, 0.3) is 0 Å². The van der Waals surface area contributed by atoms with Crippen LogP contribution in [0.5, 0.6) is 0 Å². The molecule has 0 unspecified atom stereocenters. The Morgan fingerprint density at radius 3 is 2.32 bits per heavy atom. The van der Waals surface area contributed by atoms with Gasteiger partial charge in [-0.3, -0.25) is 0 Å². The van der Waals surface area contributed by atoms with Crippen LogP contribution in [0.15, 0.2) is 53.4 Å². The van der Waals surface area contributed by atoms with Crippen LogP contribution in [0, 0.1) is 11.6 Å². The van der Waals surface area contributed by atoms with E-state index in [9.17, 15) is 17.2 Å². The van der Waals surface area contributed by atoms with Crippen molar-refractivity contribution < 1.29 is 21.9 Å². The second kappa shape index (κ2) is 7.19. The van der Waals surface area contributed by atoms with E-state index >= 15 is 0 Å². The summed E-state index contributed by atoms with van der Waals surface area (Å²) in [6.45, 7) is 1.09. The topological polar surface area (TPSA) is 55.4 Å². The van der Waals surface area contributed by atoms with Crippen molar-refractivity contribution >= 4 is 10.0 Å². The third-order valence-corrected chi connectivity index (χ3v) is 6.03. The van der Waals surface area contributed by atoms with Gasteiger partial charge in [0.15, 0.2) is 0 Å². The molecule has 1 aliphatic rings. The number of hydrogen-bond donors (Lipinski definition) is 1. The van der Waals surface area contributed by atoms with Crippen molar-refractivity contribution in [3.05, 3.63) is 65.7 Å². The lowest BCUT2D eigenvalue weighted by molar-refractivity contribution is 0.0516. The monoisotopic (exact) mass is 367 g/mol. The zero-order chi connectivity index (χ0) is 17.9. The maximum absolute atomic E-state index is 13.7. The average Bonchev–Trinajstić information content (AvgIpc) is 2.61. The Balaban J connectivity index is 1.85. The van der Waals surface area contributed by atoms with E-state index in [0.29, 0.717) is 26.1 Å². The molecular formula is C18H19F2NO3S. The summed E-state index contributed by atoms with van der Waals surface area (Å²) in [6, 6.07) is 10.9. The van der Waals surface area contributed by atoms with E-state index in [1.807, 2.05) is 0 Å². The molecule has 4 nitrogen and oxygen atoms in total. The van der Waals surface area contributed by atoms with E-state index in [1.165, 1.54) is 24.3 Å². The van der Waals surface area contributed by atoms with Crippen LogP contribution in [-0.4, -0.2) is 28.2 Å². The van der Waals surface area contributed by atoms with E-state index < -0.39 is 21.3 Å². The van der Waals surface area contributed by atoms with Gasteiger partial charge in [-0.1, -0.05) is 12.1 Å². The molecule has 2 aromatic carbocycles. The van der Waals surface area contributed by atoms with Gasteiger partial charge in [0.25, 0.3) is 0 Å². The first-order valence-electron chi connectivity index (χ1n) is 8.00. The molecule has 25 heavy (non-hydrogen) atoms. The van der Waals surface area contributed by atoms with Gasteiger partial charge in [0.1, 0.15) is 11.6 Å². The summed E-state index contributed by atoms with van der Waals surface area (Å²) in [7, 11) is -3.78. The molecule has 1 N–H and O–H groups in total. The summed E-state index contributed by atoms with van der Waals surface area (Å²) < 4.78 is 59.6. The van der Waals surface area contributed by atoms with Crippen molar-refractivity contribution in [2.45, 2.75) is 23.2 Å². The standard InChI is InChI=1S/C18H19F2NO3S/c19-15-4-6-17(7-5-15)25(22,23)21-13-18(8-10-24-11-9-18)14-2-1-3-16(20)12-14/h1-7,12,21H,8-11,13H2. The predicted octanol–water partition coefficient (Wildman–Crippen LogP) is 2.99. The molecule has 1 heterocycles. The van der Waals surface area contributed by atoms with E-state index in [-0.39, 0.29) is 17.3 Å². The molecular weight excluding hydrogens is 348 g/mol. The van der Waals surface area contributed by atoms with E-state index in [0.717, 1.165) is 17.7 Å². The van der Waals surface area contributed by atoms with Gasteiger partial charge in [0.2, 0.25) is 10.0 Å². The molecule has 0 aliphatic carbocycles. The van der Waals surface area contributed by atoms with Crippen molar-refractivity contribution in [1.82, 2.24) is 4.72 Å². The lowest BCUT2D eigenvalue weighted by atomic mass is 9.74. The Hall–Kier alpha value is -1.83. The Morgan fingerprint density at radius 1 is 1.00 bits per heavy atom. The van der Waals surface area contributed by atoms with Gasteiger partial charge in [-0.25, -0.2) is 21.9 Å². The average molecular weight is 367 g/mol. The van der Waals surface area contributed by atoms with Crippen LogP contribution in [0.2, 0.25) is 0 Å². The molecule has 0 atom stereocenters. The Labute approximate surface area is 145 Å². The van der Waals surface area contributed by atoms with Gasteiger partial charge in [0.05, 0.1) is 4.90 Å². The lowest BCUT2D eigenvalue weighted by Gasteiger charge is -2.37. The zero-order valence-corrected chi connectivity index (χ0v) is 14.4. The minimum atomic E-state index is -3.78. The highest BCUT2D eigenvalue weighted by Gasteiger charge is 2.36. The maximum atomic E-state index is 13.7. The van der Waals surface area contributed by atoms with Crippen molar-refractivity contribution in [2.75, 3.05) is 19.8 Å². The minimum Gasteiger partial charge on any atom is -0.381 e. The number of sulfonamides is 1. The summed E-state index contributed by atoms with van der Waals surface area (Å²) >= 11 is 0. The largest absolute Gasteiger partial charge is 0.381 e. The number of nitrogens with one attached hydrogen (secondary N) is 1. The van der Waals surface area contributed by atoms with Gasteiger partial charge in [-0.15, -0.1) is 0 Å². The molecule has 0 amide bonds. The van der Waals surface area contributed by atoms with Crippen molar-refractivity contribution in [1.29, 1.82) is 0 Å². The van der Waals surface area contributed by atoms with Gasteiger partial charge in [0, 0.05) is 25.2 Å². The van der Waals surface area contributed by atoms with Crippen LogP contribution in [-0.2, 0) is 20.2 Å². The second-order valence-corrected chi connectivity index (χ2v) is 7.95. The number of benzene rings is 2. The number of ether oxygens (including phenoxy) is 1. The highest BCUT2D eigenvalue weighted by atomic mass is 32.2. The lowest BCUT2D eigenvalue weighted by Crippen LogP contribution is -2.44. The Kier molecular flexibility index (Phi) is 5.17. The summed E-state index contributed by atoms with van der Waals surface area (Å²) in [4.78, 5) is -0.00430. The minimum absolute atomic E-state index is 0.00430. The van der Waals surface area contributed by atoms with Crippen LogP contribution < -0.4 is 4.72 Å². The van der Waals surface area contributed by atoms with Gasteiger partial charge in [-0.05, 0) is 54.8 Å². The van der Waals surface area contributed by atoms with Crippen LogP contribution in [0.3, 0.4) is 0 Å². The molecule has 3 rings (SSSR count). The number of rotatable bonds is 5. The quantitative estimate of drug-likeness (QED) is 0.884. The Bertz CT molecular complexity index is 832. The fourth-order valence-electron chi connectivity index (χ4n) is 3.08. The highest BCUT2D eigenvalue weighted by Crippen LogP contribution is 2.35. The fraction of sp³-hybridized carbons (Fsp3) is 0.333. The summed E-state index contributed by atoms with van der Waals surface area (Å²) in [6.07, 6.45) is 1.17. The second-order valence-electron chi connectivity index (χ2n) is 6.18. The van der Waals surface area contributed by atoms with Crippen molar-refractivity contribution in [3.63, 3.8) is 0 Å². The number of hydrogen-bond acceptors (Lipinski definition) is 3. The normalized spacial score (nSPS) is 17.4. The highest BCUT2D eigenvalue weighted by molar-refractivity contribution is 7.89. The molecule has 0 bridgehead atoms. The van der Waals surface area contributed by atoms with Gasteiger partial charge >= 0.3 is 0 Å². The summed E-state index contributed by atoms with van der Waals surface area (Å²) in [5.74, 6) is -0.857. The smallest absolute Gasteiger partial charge is 0.240 e. The van der Waals surface area contributed by atoms with Crippen molar-refractivity contribution in [3.8, 4) is 0 Å². The molecule has 0 radical (unpaired) electrons. The molecule has 134 valence electrons. The molecule has 7 heteroatoms. The van der Waals surface area contributed by atoms with Crippen molar-refractivity contribution in [2.24, 2.45) is 0 Å². The predicted molar refractivity (Wildman–Crippen MR) is 89.7 cm³/mol. The molecule has 1 aliphatic heterocycles. The van der Waals surface area contributed by atoms with Crippen LogP contribution >= 0.6 is 0 Å². The zero-order valence-electron chi connectivity index (χ0n) is 13.5. The Morgan fingerprint density at radius 2 is 1.68 bits per heavy atom. The first-order chi connectivity index (χ1) is 11.9. The van der Waals surface area contributed by atoms with E-state index in [1.54, 1.807) is 12.1 Å². The molecule has 1 saturated heterocycles. The first kappa shape index (κ1) is 18.0. The maximum Gasteiger partial charge on any atom is 0.240 e. The van der Waals surface area contributed by atoms with Gasteiger partial charge < -0.3 is 4.74 Å². The SMILES string of the molecule is O=S(=O)(NCC1(c2cccc(F)c2)CCOCC1)c1ccc(F)cc1. The molecule has 1 fully saturated rings. The fourth-order valence-corrected chi connectivity index (χ4v) is 4.21. The molecule has 0 aromatic heterocycles. The van der Waals surface area contributed by atoms with Gasteiger partial charge in [-0.2, -0.15) is 0 Å². The summed E-state index contributed by atoms with van der Waals surface area (Å²) in [5.41, 5.74) is 0.214. The third kappa shape index (κ3) is 4.05. The van der Waals surface area contributed by atoms with Crippen LogP contribution in [0.4, 0.5) is 8.78 Å². The first-order valence-corrected chi connectivity index (χ1v) is 9.49. The number of halogens is 2. The van der Waals surface area contributed by atoms with E-state index in [2.05, 4.69) is 4.72 Å². The molecule has 0 saturated carbocycles. The molecule has 0 spiro atoms. The van der Waals surface area contributed by atoms with E-state index in [4.69, 9.17) is 4.74 Å². The molecule has 2 aromatic rings. The summed E-state index contributed by atoms with van der Waals surface area (Å²) in [5, 5.41) is 0.